The molecule has 5 nitrogen and oxygen atoms in total. The quantitative estimate of drug-likeness (QED) is 0.612. The number of nitrogens with zero attached hydrogens (tertiary/aromatic N) is 2. The summed E-state index contributed by atoms with van der Waals surface area (Å²) < 4.78 is 0. The van der Waals surface area contributed by atoms with Gasteiger partial charge in [0.2, 0.25) is 5.95 Å². The number of aryl methyl sites for hydroxylation is 1. The van der Waals surface area contributed by atoms with Gasteiger partial charge in [0.25, 0.3) is 5.91 Å². The third-order valence-corrected chi connectivity index (χ3v) is 4.39. The smallest absolute Gasteiger partial charge is 0.255 e. The average molecular weight is 348 g/mol. The van der Waals surface area contributed by atoms with Crippen molar-refractivity contribution < 1.29 is 4.79 Å². The number of hydrogen-bond acceptors (Lipinski definition) is 4. The van der Waals surface area contributed by atoms with E-state index < -0.39 is 0 Å². The van der Waals surface area contributed by atoms with Gasteiger partial charge in [0, 0.05) is 22.8 Å². The minimum absolute atomic E-state index is 0.127. The van der Waals surface area contributed by atoms with Gasteiger partial charge in [-0.15, -0.1) is 0 Å². The van der Waals surface area contributed by atoms with Gasteiger partial charge < -0.3 is 11.1 Å². The van der Waals surface area contributed by atoms with Gasteiger partial charge in [0.05, 0.1) is 5.52 Å². The number of nitrogens with one attached hydrogen (secondary N) is 1. The van der Waals surface area contributed by atoms with Crippen LogP contribution < -0.4 is 11.1 Å². The summed E-state index contributed by atoms with van der Waals surface area (Å²) in [7, 11) is 0. The molecule has 0 aliphatic carbocycles. The Hall–Kier alpha value is -2.95. The Morgan fingerprint density at radius 2 is 1.88 bits per heavy atom. The first-order chi connectivity index (χ1) is 12.7. The number of hydrogen-bond donors (Lipinski definition) is 2. The number of benzene rings is 2. The number of fused-ring (bicyclic) bond motifs is 1. The van der Waals surface area contributed by atoms with E-state index in [-0.39, 0.29) is 11.9 Å². The van der Waals surface area contributed by atoms with Gasteiger partial charge in [0.1, 0.15) is 0 Å². The topological polar surface area (TPSA) is 80.9 Å². The highest BCUT2D eigenvalue weighted by Gasteiger charge is 2.07. The summed E-state index contributed by atoms with van der Waals surface area (Å²) in [6, 6.07) is 13.3. The molecular formula is C21H24N4O. The van der Waals surface area contributed by atoms with E-state index in [0.717, 1.165) is 17.3 Å². The van der Waals surface area contributed by atoms with Gasteiger partial charge in [-0.2, -0.15) is 0 Å². The molecule has 2 aromatic carbocycles. The van der Waals surface area contributed by atoms with Crippen molar-refractivity contribution in [3.63, 3.8) is 0 Å². The van der Waals surface area contributed by atoms with Crippen LogP contribution in [0.4, 0.5) is 11.6 Å². The van der Waals surface area contributed by atoms with Crippen molar-refractivity contribution in [2.75, 3.05) is 11.1 Å². The molecule has 0 fully saturated rings. The molecule has 0 saturated heterocycles. The van der Waals surface area contributed by atoms with Crippen molar-refractivity contribution in [2.45, 2.75) is 39.0 Å². The number of unbranched alkanes of at least 4 members (excludes halogenated alkanes) is 3. The highest BCUT2D eigenvalue weighted by Crippen LogP contribution is 2.18. The SMILES string of the molecule is CCCCCCc1ccc(C(=O)Nc2ccc3nc(N)ncc3c2)cc1. The van der Waals surface area contributed by atoms with E-state index in [1.54, 1.807) is 6.20 Å². The third-order valence-electron chi connectivity index (χ3n) is 4.39. The largest absolute Gasteiger partial charge is 0.368 e. The lowest BCUT2D eigenvalue weighted by molar-refractivity contribution is 0.102. The van der Waals surface area contributed by atoms with Gasteiger partial charge in [-0.25, -0.2) is 9.97 Å². The number of aromatic nitrogens is 2. The van der Waals surface area contributed by atoms with E-state index in [9.17, 15) is 4.79 Å². The fraction of sp³-hybridized carbons (Fsp3) is 0.286. The minimum Gasteiger partial charge on any atom is -0.368 e. The molecule has 1 amide bonds. The number of amides is 1. The van der Waals surface area contributed by atoms with Crippen LogP contribution >= 0.6 is 0 Å². The van der Waals surface area contributed by atoms with Crippen LogP contribution in [0.2, 0.25) is 0 Å². The second-order valence-electron chi connectivity index (χ2n) is 6.46. The van der Waals surface area contributed by atoms with E-state index in [0.29, 0.717) is 11.3 Å². The Balaban J connectivity index is 1.63. The first kappa shape index (κ1) is 17.9. The van der Waals surface area contributed by atoms with E-state index in [4.69, 9.17) is 5.73 Å². The number of nitrogen functional groups attached to an aromatic ring is 1. The summed E-state index contributed by atoms with van der Waals surface area (Å²) in [6.45, 7) is 2.21. The maximum Gasteiger partial charge on any atom is 0.255 e. The van der Waals surface area contributed by atoms with Crippen molar-refractivity contribution >= 4 is 28.4 Å². The summed E-state index contributed by atoms with van der Waals surface area (Å²) in [6.07, 6.45) is 7.70. The molecule has 3 N–H and O–H groups in total. The molecular weight excluding hydrogens is 324 g/mol. The Kier molecular flexibility index (Phi) is 5.79. The Morgan fingerprint density at radius 3 is 2.65 bits per heavy atom. The predicted molar refractivity (Wildman–Crippen MR) is 106 cm³/mol. The van der Waals surface area contributed by atoms with E-state index in [1.807, 2.05) is 42.5 Å². The first-order valence-corrected chi connectivity index (χ1v) is 9.08. The maximum atomic E-state index is 12.5. The van der Waals surface area contributed by atoms with E-state index in [1.165, 1.54) is 31.2 Å². The molecule has 26 heavy (non-hydrogen) atoms. The van der Waals surface area contributed by atoms with Crippen LogP contribution in [0.25, 0.3) is 10.9 Å². The Bertz CT molecular complexity index is 890. The molecule has 134 valence electrons. The molecule has 0 bridgehead atoms. The minimum atomic E-state index is -0.127. The summed E-state index contributed by atoms with van der Waals surface area (Å²) in [5.74, 6) is 0.113. The molecule has 3 rings (SSSR count). The lowest BCUT2D eigenvalue weighted by Crippen LogP contribution is -2.11. The van der Waals surface area contributed by atoms with E-state index in [2.05, 4.69) is 22.2 Å². The zero-order valence-electron chi connectivity index (χ0n) is 15.0. The van der Waals surface area contributed by atoms with Crippen molar-refractivity contribution in [3.8, 4) is 0 Å². The number of carbonyl (C=O) groups is 1. The number of anilines is 2. The standard InChI is InChI=1S/C21H24N4O/c1-2-3-4-5-6-15-7-9-16(10-8-15)20(26)24-18-11-12-19-17(13-18)14-23-21(22)25-19/h7-14H,2-6H2,1H3,(H,24,26)(H2,22,23,25). The van der Waals surface area contributed by atoms with Crippen molar-refractivity contribution in [1.29, 1.82) is 0 Å². The van der Waals surface area contributed by atoms with Gasteiger partial charge in [-0.05, 0) is 48.7 Å². The number of nitrogens with two attached hydrogens (primary N) is 1. The second kappa shape index (κ2) is 8.43. The molecule has 1 heterocycles. The summed E-state index contributed by atoms with van der Waals surface area (Å²) in [4.78, 5) is 20.6. The van der Waals surface area contributed by atoms with E-state index >= 15 is 0 Å². The van der Waals surface area contributed by atoms with Crippen molar-refractivity contribution in [1.82, 2.24) is 9.97 Å². The van der Waals surface area contributed by atoms with Gasteiger partial charge >= 0.3 is 0 Å². The molecule has 0 atom stereocenters. The third kappa shape index (κ3) is 4.57. The molecule has 0 aliphatic rings. The Morgan fingerprint density at radius 1 is 1.08 bits per heavy atom. The molecule has 0 saturated carbocycles. The van der Waals surface area contributed by atoms with Gasteiger partial charge in [-0.1, -0.05) is 38.3 Å². The number of rotatable bonds is 7. The molecule has 0 unspecified atom stereocenters. The highest BCUT2D eigenvalue weighted by molar-refractivity contribution is 6.05. The molecule has 1 aromatic heterocycles. The highest BCUT2D eigenvalue weighted by atomic mass is 16.1. The van der Waals surface area contributed by atoms with Gasteiger partial charge in [-0.3, -0.25) is 4.79 Å². The monoisotopic (exact) mass is 348 g/mol. The van der Waals surface area contributed by atoms with Crippen LogP contribution in [0.15, 0.2) is 48.7 Å². The lowest BCUT2D eigenvalue weighted by atomic mass is 10.0. The normalized spacial score (nSPS) is 10.8. The zero-order chi connectivity index (χ0) is 18.4. The zero-order valence-corrected chi connectivity index (χ0v) is 15.0. The molecule has 3 aromatic rings. The van der Waals surface area contributed by atoms with Crippen LogP contribution in [0.3, 0.4) is 0 Å². The van der Waals surface area contributed by atoms with Gasteiger partial charge in [0.15, 0.2) is 0 Å². The maximum absolute atomic E-state index is 12.5. The fourth-order valence-electron chi connectivity index (χ4n) is 2.91. The summed E-state index contributed by atoms with van der Waals surface area (Å²) in [5, 5.41) is 3.75. The van der Waals surface area contributed by atoms with Crippen molar-refractivity contribution in [3.05, 3.63) is 59.8 Å². The molecule has 0 spiro atoms. The average Bonchev–Trinajstić information content (AvgIpc) is 2.66. The molecule has 5 heteroatoms. The molecule has 0 radical (unpaired) electrons. The first-order valence-electron chi connectivity index (χ1n) is 9.08. The lowest BCUT2D eigenvalue weighted by Gasteiger charge is -2.08. The van der Waals surface area contributed by atoms with Crippen LogP contribution in [0.5, 0.6) is 0 Å². The fourth-order valence-corrected chi connectivity index (χ4v) is 2.91. The Labute approximate surface area is 153 Å². The van der Waals surface area contributed by atoms with Crippen LogP contribution in [-0.4, -0.2) is 15.9 Å². The van der Waals surface area contributed by atoms with Crippen molar-refractivity contribution in [2.24, 2.45) is 0 Å². The molecule has 0 aliphatic heterocycles. The predicted octanol–water partition coefficient (Wildman–Crippen LogP) is 4.59. The summed E-state index contributed by atoms with van der Waals surface area (Å²) >= 11 is 0. The second-order valence-corrected chi connectivity index (χ2v) is 6.46. The van der Waals surface area contributed by atoms with Crippen LogP contribution in [-0.2, 0) is 6.42 Å². The number of carbonyl (C=O) groups excluding carboxylic acids is 1. The van der Waals surface area contributed by atoms with Crippen LogP contribution in [0, 0.1) is 0 Å². The summed E-state index contributed by atoms with van der Waals surface area (Å²) in [5.41, 5.74) is 8.97. The van der Waals surface area contributed by atoms with Crippen LogP contribution in [0.1, 0.15) is 48.5 Å².